The van der Waals surface area contributed by atoms with E-state index in [9.17, 15) is 19.5 Å². The maximum Gasteiger partial charge on any atom is 0.412 e. The first kappa shape index (κ1) is 22.5. The molecule has 1 N–H and O–H groups in total. The van der Waals surface area contributed by atoms with Crippen molar-refractivity contribution in [2.24, 2.45) is 0 Å². The largest absolute Gasteiger partial charge is 0.454 e. The zero-order valence-electron chi connectivity index (χ0n) is 18.0. The van der Waals surface area contributed by atoms with Gasteiger partial charge >= 0.3 is 18.0 Å². The van der Waals surface area contributed by atoms with Crippen LogP contribution in [0, 0.1) is 0 Å². The predicted molar refractivity (Wildman–Crippen MR) is 117 cm³/mol. The minimum absolute atomic E-state index is 0.0817. The first-order chi connectivity index (χ1) is 16.0. The van der Waals surface area contributed by atoms with E-state index >= 15 is 0 Å². The second kappa shape index (κ2) is 10.3. The summed E-state index contributed by atoms with van der Waals surface area (Å²) in [6, 6.07) is 17.2. The standard InChI is InChI=1S/C25H25NO7/c27-21-16-31-25(30)26(21)15-14-17-12-7-13-20(32-23(28)18-8-3-1-4-9-18)22(17)33-24(29)19-10-5-2-6-11-19/h1-6,8-12,20-22,27H,7,13-16H2/t20-,21?,22+/m0/s1. The maximum absolute atomic E-state index is 12.8. The number of amides is 1. The van der Waals surface area contributed by atoms with Gasteiger partial charge in [-0.2, -0.15) is 0 Å². The molecule has 0 radical (unpaired) electrons. The first-order valence-corrected chi connectivity index (χ1v) is 10.9. The summed E-state index contributed by atoms with van der Waals surface area (Å²) in [7, 11) is 0. The second-order valence-corrected chi connectivity index (χ2v) is 7.86. The van der Waals surface area contributed by atoms with Gasteiger partial charge in [-0.3, -0.25) is 4.90 Å². The fraction of sp³-hybridized carbons (Fsp3) is 0.320. The van der Waals surface area contributed by atoms with Gasteiger partial charge in [0.15, 0.2) is 12.3 Å². The van der Waals surface area contributed by atoms with Crippen molar-refractivity contribution in [1.29, 1.82) is 0 Å². The number of allylic oxidation sites excluding steroid dienone is 1. The van der Waals surface area contributed by atoms with Crippen molar-refractivity contribution in [2.45, 2.75) is 37.7 Å². The zero-order valence-corrected chi connectivity index (χ0v) is 18.0. The number of rotatable bonds is 7. The molecule has 2 aromatic carbocycles. The average Bonchev–Trinajstić information content (AvgIpc) is 3.17. The number of carbonyl (C=O) groups is 3. The molecule has 2 aromatic rings. The highest BCUT2D eigenvalue weighted by molar-refractivity contribution is 5.90. The van der Waals surface area contributed by atoms with Crippen molar-refractivity contribution in [3.05, 3.63) is 83.4 Å². The molecule has 1 aliphatic carbocycles. The third-order valence-corrected chi connectivity index (χ3v) is 5.66. The van der Waals surface area contributed by atoms with E-state index in [0.717, 1.165) is 5.57 Å². The molecule has 0 spiro atoms. The van der Waals surface area contributed by atoms with E-state index in [-0.39, 0.29) is 13.2 Å². The van der Waals surface area contributed by atoms with Gasteiger partial charge in [-0.25, -0.2) is 14.4 Å². The van der Waals surface area contributed by atoms with Gasteiger partial charge in [0.1, 0.15) is 12.7 Å². The van der Waals surface area contributed by atoms with Gasteiger partial charge < -0.3 is 19.3 Å². The number of benzene rings is 2. The molecule has 1 fully saturated rings. The molecule has 1 aliphatic heterocycles. The lowest BCUT2D eigenvalue weighted by atomic mass is 9.91. The number of nitrogens with zero attached hydrogens (tertiary/aromatic N) is 1. The lowest BCUT2D eigenvalue weighted by Gasteiger charge is -2.32. The highest BCUT2D eigenvalue weighted by Gasteiger charge is 2.36. The van der Waals surface area contributed by atoms with Crippen LogP contribution in [0.15, 0.2) is 72.3 Å². The Morgan fingerprint density at radius 2 is 1.58 bits per heavy atom. The molecule has 3 atom stereocenters. The van der Waals surface area contributed by atoms with Gasteiger partial charge in [0, 0.05) is 6.54 Å². The summed E-state index contributed by atoms with van der Waals surface area (Å²) in [4.78, 5) is 38.6. The molecular formula is C25H25NO7. The van der Waals surface area contributed by atoms with Gasteiger partial charge in [-0.1, -0.05) is 42.5 Å². The van der Waals surface area contributed by atoms with Gasteiger partial charge in [-0.05, 0) is 49.1 Å². The summed E-state index contributed by atoms with van der Waals surface area (Å²) in [5.41, 5.74) is 1.52. The smallest absolute Gasteiger partial charge is 0.412 e. The SMILES string of the molecule is O=C(O[C@H]1CCC=C(CCN2C(=O)OCC2O)[C@H]1OC(=O)c1ccccc1)c1ccccc1. The van der Waals surface area contributed by atoms with Gasteiger partial charge in [0.05, 0.1) is 11.1 Å². The lowest BCUT2D eigenvalue weighted by Crippen LogP contribution is -2.40. The van der Waals surface area contributed by atoms with Crippen LogP contribution >= 0.6 is 0 Å². The average molecular weight is 451 g/mol. The molecule has 2 aliphatic rings. The monoisotopic (exact) mass is 451 g/mol. The molecule has 1 amide bonds. The number of ether oxygens (including phenoxy) is 3. The lowest BCUT2D eigenvalue weighted by molar-refractivity contribution is -0.0309. The van der Waals surface area contributed by atoms with Crippen LogP contribution in [0.3, 0.4) is 0 Å². The summed E-state index contributed by atoms with van der Waals surface area (Å²) in [6.45, 7) is 0.103. The van der Waals surface area contributed by atoms with Crippen LogP contribution in [0.2, 0.25) is 0 Å². The van der Waals surface area contributed by atoms with Gasteiger partial charge in [0.2, 0.25) is 0 Å². The molecular weight excluding hydrogens is 426 g/mol. The second-order valence-electron chi connectivity index (χ2n) is 7.86. The Bertz CT molecular complexity index is 1020. The molecule has 1 saturated heterocycles. The van der Waals surface area contributed by atoms with Crippen molar-refractivity contribution in [1.82, 2.24) is 4.90 Å². The van der Waals surface area contributed by atoms with Crippen LogP contribution in [-0.4, -0.2) is 59.6 Å². The molecule has 0 bridgehead atoms. The van der Waals surface area contributed by atoms with Gasteiger partial charge in [-0.15, -0.1) is 0 Å². The fourth-order valence-electron chi connectivity index (χ4n) is 3.92. The quantitative estimate of drug-likeness (QED) is 0.391. The molecule has 0 saturated carbocycles. The van der Waals surface area contributed by atoms with Crippen LogP contribution in [-0.2, 0) is 14.2 Å². The maximum atomic E-state index is 12.8. The van der Waals surface area contributed by atoms with E-state index in [4.69, 9.17) is 14.2 Å². The van der Waals surface area contributed by atoms with E-state index in [0.29, 0.717) is 30.4 Å². The van der Waals surface area contributed by atoms with E-state index in [1.54, 1.807) is 60.7 Å². The van der Waals surface area contributed by atoms with Crippen LogP contribution < -0.4 is 0 Å². The van der Waals surface area contributed by atoms with E-state index in [1.807, 2.05) is 6.08 Å². The van der Waals surface area contributed by atoms with Crippen molar-refractivity contribution in [2.75, 3.05) is 13.2 Å². The summed E-state index contributed by atoms with van der Waals surface area (Å²) in [6.07, 6.45) is 0.276. The topological polar surface area (TPSA) is 102 Å². The molecule has 1 unspecified atom stereocenters. The molecule has 0 aromatic heterocycles. The summed E-state index contributed by atoms with van der Waals surface area (Å²) in [5, 5.41) is 9.95. The van der Waals surface area contributed by atoms with Crippen molar-refractivity contribution < 1.29 is 33.7 Å². The number of hydrogen-bond donors (Lipinski definition) is 1. The minimum atomic E-state index is -1.02. The highest BCUT2D eigenvalue weighted by Crippen LogP contribution is 2.29. The van der Waals surface area contributed by atoms with Gasteiger partial charge in [0.25, 0.3) is 0 Å². The molecule has 1 heterocycles. The normalized spacial score (nSPS) is 22.3. The number of cyclic esters (lactones) is 1. The molecule has 8 nitrogen and oxygen atoms in total. The van der Waals surface area contributed by atoms with Crippen molar-refractivity contribution in [3.63, 3.8) is 0 Å². The van der Waals surface area contributed by atoms with Crippen LogP contribution in [0.4, 0.5) is 4.79 Å². The Morgan fingerprint density at radius 3 is 2.15 bits per heavy atom. The molecule has 172 valence electrons. The van der Waals surface area contributed by atoms with E-state index < -0.39 is 36.5 Å². The van der Waals surface area contributed by atoms with Crippen LogP contribution in [0.1, 0.15) is 40.0 Å². The van der Waals surface area contributed by atoms with E-state index in [2.05, 4.69) is 0 Å². The third kappa shape index (κ3) is 5.40. The number of esters is 2. The fourth-order valence-corrected chi connectivity index (χ4v) is 3.92. The molecule has 33 heavy (non-hydrogen) atoms. The summed E-state index contributed by atoms with van der Waals surface area (Å²) < 4.78 is 16.4. The van der Waals surface area contributed by atoms with Crippen LogP contribution in [0.5, 0.6) is 0 Å². The highest BCUT2D eigenvalue weighted by atomic mass is 16.6. The zero-order chi connectivity index (χ0) is 23.2. The van der Waals surface area contributed by atoms with Crippen molar-refractivity contribution >= 4 is 18.0 Å². The summed E-state index contributed by atoms with van der Waals surface area (Å²) in [5.74, 6) is -1.03. The number of aliphatic hydroxyl groups is 1. The third-order valence-electron chi connectivity index (χ3n) is 5.66. The number of hydrogen-bond acceptors (Lipinski definition) is 7. The van der Waals surface area contributed by atoms with E-state index in [1.165, 1.54) is 4.90 Å². The van der Waals surface area contributed by atoms with Crippen molar-refractivity contribution in [3.8, 4) is 0 Å². The Labute approximate surface area is 191 Å². The Morgan fingerprint density at radius 1 is 0.970 bits per heavy atom. The molecule has 8 heteroatoms. The van der Waals surface area contributed by atoms with Crippen LogP contribution in [0.25, 0.3) is 0 Å². The minimum Gasteiger partial charge on any atom is -0.454 e. The Hall–Kier alpha value is -3.65. The Balaban J connectivity index is 1.52. The Kier molecular flexibility index (Phi) is 7.04. The number of aliphatic hydroxyl groups excluding tert-OH is 1. The first-order valence-electron chi connectivity index (χ1n) is 10.9. The summed E-state index contributed by atoms with van der Waals surface area (Å²) >= 11 is 0. The number of carbonyl (C=O) groups excluding carboxylic acids is 3. The predicted octanol–water partition coefficient (Wildman–Crippen LogP) is 3.32. The molecule has 4 rings (SSSR count).